The van der Waals surface area contributed by atoms with Crippen molar-refractivity contribution in [1.29, 1.82) is 0 Å². The third kappa shape index (κ3) is 3.31. The van der Waals surface area contributed by atoms with Gasteiger partial charge in [-0.25, -0.2) is 0 Å². The van der Waals surface area contributed by atoms with Crippen molar-refractivity contribution in [2.45, 2.75) is 31.9 Å². The van der Waals surface area contributed by atoms with E-state index < -0.39 is 12.1 Å². The smallest absolute Gasteiger partial charge is 0.329 e. The van der Waals surface area contributed by atoms with Gasteiger partial charge in [0.15, 0.2) is 0 Å². The first-order chi connectivity index (χ1) is 9.93. The molecule has 0 aliphatic heterocycles. The van der Waals surface area contributed by atoms with E-state index in [1.54, 1.807) is 12.1 Å². The quantitative estimate of drug-likeness (QED) is 0.843. The number of carbonyl (C=O) groups is 1. The van der Waals surface area contributed by atoms with Gasteiger partial charge in [-0.3, -0.25) is 4.79 Å². The molecule has 0 bridgehead atoms. The molecule has 1 aliphatic carbocycles. The van der Waals surface area contributed by atoms with Crippen molar-refractivity contribution >= 4 is 17.1 Å². The van der Waals surface area contributed by atoms with Gasteiger partial charge >= 0.3 is 12.1 Å². The number of ketones is 1. The summed E-state index contributed by atoms with van der Waals surface area (Å²) in [7, 11) is 0. The molecule has 2 aromatic rings. The number of aryl methyl sites for hydroxylation is 1. The second-order valence-electron chi connectivity index (χ2n) is 4.93. The highest BCUT2D eigenvalue weighted by atomic mass is 32.1. The van der Waals surface area contributed by atoms with Crippen LogP contribution in [0.1, 0.15) is 30.0 Å². The molecular formula is C13H11F3N2O2S. The number of carbonyl (C=O) groups excluding carboxylic acids is 1. The number of aromatic nitrogens is 2. The van der Waals surface area contributed by atoms with E-state index in [1.165, 1.54) is 11.3 Å². The van der Waals surface area contributed by atoms with E-state index in [-0.39, 0.29) is 17.5 Å². The molecule has 8 heteroatoms. The van der Waals surface area contributed by atoms with Gasteiger partial charge in [0.1, 0.15) is 5.78 Å². The number of rotatable bonds is 5. The third-order valence-corrected chi connectivity index (χ3v) is 4.34. The van der Waals surface area contributed by atoms with Crippen LogP contribution in [-0.4, -0.2) is 15.9 Å². The second kappa shape index (κ2) is 5.25. The summed E-state index contributed by atoms with van der Waals surface area (Å²) in [5.41, 5.74) is 0. The molecule has 0 unspecified atom stereocenters. The van der Waals surface area contributed by atoms with Crippen LogP contribution in [0.4, 0.5) is 13.2 Å². The molecule has 0 atom stereocenters. The van der Waals surface area contributed by atoms with Crippen LogP contribution in [0, 0.1) is 5.92 Å². The Kier molecular flexibility index (Phi) is 3.56. The van der Waals surface area contributed by atoms with Gasteiger partial charge in [-0.05, 0) is 31.4 Å². The van der Waals surface area contributed by atoms with Crippen molar-refractivity contribution in [3.05, 3.63) is 22.9 Å². The van der Waals surface area contributed by atoms with Crippen LogP contribution in [0.2, 0.25) is 0 Å². The first-order valence-electron chi connectivity index (χ1n) is 6.46. The van der Waals surface area contributed by atoms with Gasteiger partial charge in [0.2, 0.25) is 5.82 Å². The molecule has 4 nitrogen and oxygen atoms in total. The molecule has 112 valence electrons. The molecule has 3 rings (SSSR count). The largest absolute Gasteiger partial charge is 0.471 e. The lowest BCUT2D eigenvalue weighted by atomic mass is 10.1. The topological polar surface area (TPSA) is 56.0 Å². The van der Waals surface area contributed by atoms with Gasteiger partial charge < -0.3 is 4.52 Å². The predicted molar refractivity (Wildman–Crippen MR) is 68.7 cm³/mol. The van der Waals surface area contributed by atoms with Crippen LogP contribution in [0.25, 0.3) is 10.7 Å². The van der Waals surface area contributed by atoms with Gasteiger partial charge in [0.25, 0.3) is 0 Å². The minimum atomic E-state index is -4.64. The normalized spacial score (nSPS) is 15.4. The van der Waals surface area contributed by atoms with Crippen molar-refractivity contribution in [1.82, 2.24) is 10.1 Å². The maximum Gasteiger partial charge on any atom is 0.471 e. The van der Waals surface area contributed by atoms with Gasteiger partial charge in [-0.1, -0.05) is 5.16 Å². The van der Waals surface area contributed by atoms with Crippen LogP contribution in [-0.2, 0) is 17.4 Å². The van der Waals surface area contributed by atoms with Crippen LogP contribution >= 0.6 is 11.3 Å². The number of halogens is 3. The molecule has 0 aromatic carbocycles. The molecule has 2 heterocycles. The van der Waals surface area contributed by atoms with Gasteiger partial charge in [0, 0.05) is 17.2 Å². The molecule has 1 saturated carbocycles. The number of alkyl halides is 3. The Labute approximate surface area is 122 Å². The summed E-state index contributed by atoms with van der Waals surface area (Å²) in [4.78, 5) is 16.4. The van der Waals surface area contributed by atoms with Crippen LogP contribution < -0.4 is 0 Å². The minimum absolute atomic E-state index is 0.0768. The van der Waals surface area contributed by atoms with Crippen LogP contribution in [0.5, 0.6) is 0 Å². The summed E-state index contributed by atoms with van der Waals surface area (Å²) < 4.78 is 41.3. The lowest BCUT2D eigenvalue weighted by molar-refractivity contribution is -0.159. The van der Waals surface area contributed by atoms with Gasteiger partial charge in [-0.2, -0.15) is 18.2 Å². The fraction of sp³-hybridized carbons (Fsp3) is 0.462. The van der Waals surface area contributed by atoms with Gasteiger partial charge in [0.05, 0.1) is 4.88 Å². The molecule has 2 aromatic heterocycles. The van der Waals surface area contributed by atoms with Crippen molar-refractivity contribution in [2.24, 2.45) is 5.92 Å². The molecular weight excluding hydrogens is 305 g/mol. The number of Topliss-reactive ketones (excluding diaryl/α,β-unsaturated/α-hetero) is 1. The molecule has 0 N–H and O–H groups in total. The van der Waals surface area contributed by atoms with E-state index >= 15 is 0 Å². The summed E-state index contributed by atoms with van der Waals surface area (Å²) in [5, 5.41) is 3.34. The van der Waals surface area contributed by atoms with Crippen LogP contribution in [0.3, 0.4) is 0 Å². The monoisotopic (exact) mass is 316 g/mol. The van der Waals surface area contributed by atoms with Crippen molar-refractivity contribution in [3.63, 3.8) is 0 Å². The van der Waals surface area contributed by atoms with E-state index in [2.05, 4.69) is 14.7 Å². The Bertz CT molecular complexity index is 658. The summed E-state index contributed by atoms with van der Waals surface area (Å²) >= 11 is 1.28. The molecule has 0 saturated heterocycles. The molecule has 1 aliphatic rings. The fourth-order valence-electron chi connectivity index (χ4n) is 1.93. The Morgan fingerprint density at radius 2 is 2.14 bits per heavy atom. The summed E-state index contributed by atoms with van der Waals surface area (Å²) in [6.45, 7) is 0. The summed E-state index contributed by atoms with van der Waals surface area (Å²) in [6.07, 6.45) is -1.59. The lowest BCUT2D eigenvalue weighted by Gasteiger charge is -1.96. The average Bonchev–Trinajstić information content (AvgIpc) is 2.97. The van der Waals surface area contributed by atoms with E-state index in [0.717, 1.165) is 17.7 Å². The lowest BCUT2D eigenvalue weighted by Crippen LogP contribution is -2.04. The van der Waals surface area contributed by atoms with Gasteiger partial charge in [-0.15, -0.1) is 11.3 Å². The number of thiophene rings is 1. The first kappa shape index (κ1) is 14.2. The van der Waals surface area contributed by atoms with E-state index in [9.17, 15) is 18.0 Å². The number of nitrogens with zero attached hydrogens (tertiary/aromatic N) is 2. The summed E-state index contributed by atoms with van der Waals surface area (Å²) in [5.74, 6) is -0.927. The molecule has 21 heavy (non-hydrogen) atoms. The first-order valence-corrected chi connectivity index (χ1v) is 7.28. The minimum Gasteiger partial charge on any atom is -0.329 e. The van der Waals surface area contributed by atoms with E-state index in [1.807, 2.05) is 0 Å². The standard InChI is InChI=1S/C13H11F3N2O2S/c14-13(15,16)12-17-11(18-20-12)10-6-4-8(21-10)3-5-9(19)7-1-2-7/h4,6-7H,1-3,5H2. The third-order valence-electron chi connectivity index (χ3n) is 3.20. The number of hydrogen-bond donors (Lipinski definition) is 0. The van der Waals surface area contributed by atoms with Crippen molar-refractivity contribution in [2.75, 3.05) is 0 Å². The zero-order valence-corrected chi connectivity index (χ0v) is 11.6. The zero-order chi connectivity index (χ0) is 15.0. The Hall–Kier alpha value is -1.70. The molecule has 0 spiro atoms. The van der Waals surface area contributed by atoms with Crippen LogP contribution in [0.15, 0.2) is 16.7 Å². The molecule has 1 fully saturated rings. The Morgan fingerprint density at radius 3 is 2.76 bits per heavy atom. The highest BCUT2D eigenvalue weighted by molar-refractivity contribution is 7.15. The SMILES string of the molecule is O=C(CCc1ccc(-c2noc(C(F)(F)F)n2)s1)C1CC1. The highest BCUT2D eigenvalue weighted by Gasteiger charge is 2.38. The highest BCUT2D eigenvalue weighted by Crippen LogP contribution is 2.33. The maximum absolute atomic E-state index is 12.4. The van der Waals surface area contributed by atoms with Crippen molar-refractivity contribution in [3.8, 4) is 10.7 Å². The van der Waals surface area contributed by atoms with E-state index in [4.69, 9.17) is 0 Å². The average molecular weight is 316 g/mol. The maximum atomic E-state index is 12.4. The summed E-state index contributed by atoms with van der Waals surface area (Å²) in [6, 6.07) is 3.43. The van der Waals surface area contributed by atoms with E-state index in [0.29, 0.717) is 17.7 Å². The Balaban J connectivity index is 1.66. The number of hydrogen-bond acceptors (Lipinski definition) is 5. The Morgan fingerprint density at radius 1 is 1.38 bits per heavy atom. The predicted octanol–water partition coefficient (Wildman–Crippen LogP) is 3.73. The second-order valence-corrected chi connectivity index (χ2v) is 6.10. The zero-order valence-electron chi connectivity index (χ0n) is 10.8. The molecule has 0 radical (unpaired) electrons. The van der Waals surface area contributed by atoms with Crippen molar-refractivity contribution < 1.29 is 22.5 Å². The molecule has 0 amide bonds. The fourth-order valence-corrected chi connectivity index (χ4v) is 2.86.